The molecular weight excluding hydrogens is 270 g/mol. The third kappa shape index (κ3) is 3.24. The molecule has 0 bridgehead atoms. The molecule has 0 saturated heterocycles. The third-order valence-corrected chi connectivity index (χ3v) is 4.45. The fraction of sp³-hybridized carbons (Fsp3) is 0.556. The monoisotopic (exact) mass is 281 g/mol. The van der Waals surface area contributed by atoms with Crippen molar-refractivity contribution in [1.29, 1.82) is 0 Å². The molecule has 1 N–H and O–H groups in total. The van der Waals surface area contributed by atoms with E-state index in [1.165, 1.54) is 4.88 Å². The second-order valence-corrected chi connectivity index (χ2v) is 5.76. The van der Waals surface area contributed by atoms with Gasteiger partial charge in [0.1, 0.15) is 0 Å². The van der Waals surface area contributed by atoms with E-state index in [0.29, 0.717) is 6.04 Å². The fourth-order valence-electron chi connectivity index (χ4n) is 1.04. The Balaban J connectivity index is 2.60. The van der Waals surface area contributed by atoms with Crippen LogP contribution in [0.15, 0.2) is 9.85 Å². The minimum atomic E-state index is 0.397. The van der Waals surface area contributed by atoms with Gasteiger partial charge in [0, 0.05) is 10.9 Å². The number of hydrogen-bond donors (Lipinski definition) is 1. The Hall–Kier alpha value is 0.430. The summed E-state index contributed by atoms with van der Waals surface area (Å²) in [5.41, 5.74) is 0. The fourth-order valence-corrected chi connectivity index (χ4v) is 2.81. The van der Waals surface area contributed by atoms with E-state index in [4.69, 9.17) is 11.6 Å². The molecule has 1 aromatic heterocycles. The molecular formula is C9H13BrClNS. The molecule has 0 radical (unpaired) electrons. The summed E-state index contributed by atoms with van der Waals surface area (Å²) in [5, 5.41) is 4.23. The Bertz CT molecular complexity index is 255. The molecule has 0 amide bonds. The molecule has 13 heavy (non-hydrogen) atoms. The maximum atomic E-state index is 5.94. The molecule has 0 spiro atoms. The van der Waals surface area contributed by atoms with E-state index in [-0.39, 0.29) is 0 Å². The quantitative estimate of drug-likeness (QED) is 0.871. The number of hydrogen-bond acceptors (Lipinski definition) is 2. The molecule has 0 fully saturated rings. The molecule has 1 aromatic rings. The first-order valence-electron chi connectivity index (χ1n) is 4.33. The summed E-state index contributed by atoms with van der Waals surface area (Å²) in [6.07, 6.45) is 1.16. The van der Waals surface area contributed by atoms with Crippen molar-refractivity contribution in [2.75, 3.05) is 6.54 Å². The smallest absolute Gasteiger partial charge is 0.0887 e. The molecule has 0 aliphatic rings. The molecule has 0 aliphatic carbocycles. The Kier molecular flexibility index (Phi) is 4.73. The van der Waals surface area contributed by atoms with Crippen LogP contribution in [0.3, 0.4) is 0 Å². The van der Waals surface area contributed by atoms with Crippen LogP contribution in [0, 0.1) is 0 Å². The van der Waals surface area contributed by atoms with Gasteiger partial charge in [-0.25, -0.2) is 0 Å². The lowest BCUT2D eigenvalue weighted by Crippen LogP contribution is -2.18. The standard InChI is InChI=1S/C9H13BrClNS/c1-3-4-12-6(2)8-5-7(11)9(10)13-8/h5-6,12H,3-4H2,1-2H3. The number of thiophene rings is 1. The van der Waals surface area contributed by atoms with Crippen molar-refractivity contribution in [3.8, 4) is 0 Å². The summed E-state index contributed by atoms with van der Waals surface area (Å²) in [5.74, 6) is 0. The van der Waals surface area contributed by atoms with E-state index in [0.717, 1.165) is 21.8 Å². The summed E-state index contributed by atoms with van der Waals surface area (Å²) in [6, 6.07) is 2.41. The van der Waals surface area contributed by atoms with Crippen molar-refractivity contribution < 1.29 is 0 Å². The molecule has 74 valence electrons. The van der Waals surface area contributed by atoms with Crippen LogP contribution in [0.25, 0.3) is 0 Å². The maximum Gasteiger partial charge on any atom is 0.0887 e. The van der Waals surface area contributed by atoms with E-state index in [1.807, 2.05) is 6.07 Å². The van der Waals surface area contributed by atoms with Gasteiger partial charge in [-0.05, 0) is 41.9 Å². The van der Waals surface area contributed by atoms with Gasteiger partial charge in [-0.2, -0.15) is 0 Å². The van der Waals surface area contributed by atoms with Crippen LogP contribution in [0.1, 0.15) is 31.2 Å². The van der Waals surface area contributed by atoms with E-state index < -0.39 is 0 Å². The number of nitrogens with one attached hydrogen (secondary N) is 1. The van der Waals surface area contributed by atoms with Gasteiger partial charge in [0.2, 0.25) is 0 Å². The first-order valence-corrected chi connectivity index (χ1v) is 6.32. The van der Waals surface area contributed by atoms with E-state index in [1.54, 1.807) is 11.3 Å². The van der Waals surface area contributed by atoms with Gasteiger partial charge in [-0.15, -0.1) is 11.3 Å². The minimum Gasteiger partial charge on any atom is -0.309 e. The molecule has 1 heterocycles. The summed E-state index contributed by atoms with van der Waals surface area (Å²) in [7, 11) is 0. The van der Waals surface area contributed by atoms with Crippen LogP contribution < -0.4 is 5.32 Å². The predicted molar refractivity (Wildman–Crippen MR) is 63.7 cm³/mol. The van der Waals surface area contributed by atoms with Gasteiger partial charge in [-0.1, -0.05) is 18.5 Å². The topological polar surface area (TPSA) is 12.0 Å². The van der Waals surface area contributed by atoms with Crippen molar-refractivity contribution in [2.24, 2.45) is 0 Å². The highest BCUT2D eigenvalue weighted by Gasteiger charge is 2.10. The second-order valence-electron chi connectivity index (χ2n) is 2.95. The summed E-state index contributed by atoms with van der Waals surface area (Å²) < 4.78 is 1.02. The average Bonchev–Trinajstić information content (AvgIpc) is 2.43. The maximum absolute atomic E-state index is 5.94. The third-order valence-electron chi connectivity index (χ3n) is 1.79. The van der Waals surface area contributed by atoms with Crippen LogP contribution in [0.4, 0.5) is 0 Å². The van der Waals surface area contributed by atoms with Crippen LogP contribution in [-0.2, 0) is 0 Å². The van der Waals surface area contributed by atoms with Gasteiger partial charge in [-0.3, -0.25) is 0 Å². The lowest BCUT2D eigenvalue weighted by atomic mass is 10.2. The first-order chi connectivity index (χ1) is 6.15. The normalized spacial score (nSPS) is 13.2. The van der Waals surface area contributed by atoms with E-state index in [9.17, 15) is 0 Å². The average molecular weight is 283 g/mol. The largest absolute Gasteiger partial charge is 0.309 e. The molecule has 1 rings (SSSR count). The summed E-state index contributed by atoms with van der Waals surface area (Å²) in [6.45, 7) is 5.37. The zero-order chi connectivity index (χ0) is 9.84. The lowest BCUT2D eigenvalue weighted by molar-refractivity contribution is 0.578. The molecule has 1 atom stereocenters. The Morgan fingerprint density at radius 1 is 1.69 bits per heavy atom. The molecule has 4 heteroatoms. The molecule has 1 unspecified atom stereocenters. The van der Waals surface area contributed by atoms with Gasteiger partial charge >= 0.3 is 0 Å². The van der Waals surface area contributed by atoms with Crippen molar-refractivity contribution in [3.63, 3.8) is 0 Å². The molecule has 0 aliphatic heterocycles. The number of rotatable bonds is 4. The first kappa shape index (κ1) is 11.5. The van der Waals surface area contributed by atoms with Crippen molar-refractivity contribution in [3.05, 3.63) is 19.8 Å². The number of halogens is 2. The Labute approximate surface area is 96.6 Å². The van der Waals surface area contributed by atoms with Gasteiger partial charge < -0.3 is 5.32 Å². The molecule has 1 nitrogen and oxygen atoms in total. The van der Waals surface area contributed by atoms with Crippen molar-refractivity contribution in [1.82, 2.24) is 5.32 Å². The van der Waals surface area contributed by atoms with Crippen molar-refractivity contribution >= 4 is 38.9 Å². The summed E-state index contributed by atoms with van der Waals surface area (Å²) >= 11 is 11.0. The second kappa shape index (κ2) is 5.35. The molecule has 0 saturated carbocycles. The highest BCUT2D eigenvalue weighted by atomic mass is 79.9. The van der Waals surface area contributed by atoms with Gasteiger partial charge in [0.05, 0.1) is 8.81 Å². The van der Waals surface area contributed by atoms with Gasteiger partial charge in [0.25, 0.3) is 0 Å². The van der Waals surface area contributed by atoms with Crippen LogP contribution in [0.2, 0.25) is 5.02 Å². The highest BCUT2D eigenvalue weighted by molar-refractivity contribution is 9.11. The molecule has 0 aromatic carbocycles. The summed E-state index contributed by atoms with van der Waals surface area (Å²) in [4.78, 5) is 1.28. The van der Waals surface area contributed by atoms with E-state index in [2.05, 4.69) is 35.1 Å². The Morgan fingerprint density at radius 2 is 2.38 bits per heavy atom. The predicted octanol–water partition coefficient (Wildman–Crippen LogP) is 4.22. The zero-order valence-electron chi connectivity index (χ0n) is 7.73. The van der Waals surface area contributed by atoms with Crippen LogP contribution >= 0.6 is 38.9 Å². The Morgan fingerprint density at radius 3 is 2.85 bits per heavy atom. The van der Waals surface area contributed by atoms with E-state index >= 15 is 0 Å². The van der Waals surface area contributed by atoms with Crippen LogP contribution in [-0.4, -0.2) is 6.54 Å². The SMILES string of the molecule is CCCNC(C)c1cc(Cl)c(Br)s1. The highest BCUT2D eigenvalue weighted by Crippen LogP contribution is 2.34. The zero-order valence-corrected chi connectivity index (χ0v) is 10.9. The van der Waals surface area contributed by atoms with Crippen LogP contribution in [0.5, 0.6) is 0 Å². The van der Waals surface area contributed by atoms with Gasteiger partial charge in [0.15, 0.2) is 0 Å². The minimum absolute atomic E-state index is 0.397. The van der Waals surface area contributed by atoms with Crippen molar-refractivity contribution in [2.45, 2.75) is 26.3 Å². The lowest BCUT2D eigenvalue weighted by Gasteiger charge is -2.10.